The highest BCUT2D eigenvalue weighted by molar-refractivity contribution is 5.75. The maximum absolute atomic E-state index is 2.35. The van der Waals surface area contributed by atoms with Crippen LogP contribution in [0.4, 0.5) is 0 Å². The number of hydrogen-bond acceptors (Lipinski definition) is 0. The zero-order chi connectivity index (χ0) is 16.4. The Labute approximate surface area is 139 Å². The van der Waals surface area contributed by atoms with Crippen LogP contribution in [0.2, 0.25) is 0 Å². The van der Waals surface area contributed by atoms with E-state index in [2.05, 4.69) is 100 Å². The first-order chi connectivity index (χ1) is 10.9. The van der Waals surface area contributed by atoms with E-state index in [1.54, 1.807) is 0 Å². The minimum absolute atomic E-state index is 0.102. The molecule has 0 radical (unpaired) electrons. The summed E-state index contributed by atoms with van der Waals surface area (Å²) in [5.41, 5.74) is 7.97. The van der Waals surface area contributed by atoms with Gasteiger partial charge in [-0.15, -0.1) is 0 Å². The highest BCUT2D eigenvalue weighted by Gasteiger charge is 2.19. The summed E-state index contributed by atoms with van der Waals surface area (Å²) < 4.78 is 0. The molecule has 0 heterocycles. The molecule has 0 saturated carbocycles. The lowest BCUT2D eigenvalue weighted by atomic mass is 9.80. The summed E-state index contributed by atoms with van der Waals surface area (Å²) in [5.74, 6) is 0. The molecule has 0 nitrogen and oxygen atoms in total. The maximum Gasteiger partial charge on any atom is -0.0125 e. The van der Waals surface area contributed by atoms with E-state index in [0.717, 1.165) is 0 Å². The lowest BCUT2D eigenvalue weighted by Crippen LogP contribution is -2.13. The van der Waals surface area contributed by atoms with Gasteiger partial charge in [0.1, 0.15) is 0 Å². The second kappa shape index (κ2) is 6.04. The molecule has 3 rings (SSSR count). The van der Waals surface area contributed by atoms with Crippen LogP contribution < -0.4 is 0 Å². The van der Waals surface area contributed by atoms with Gasteiger partial charge in [0, 0.05) is 0 Å². The van der Waals surface area contributed by atoms with Crippen LogP contribution in [0.1, 0.15) is 31.9 Å². The Hall–Kier alpha value is -2.34. The van der Waals surface area contributed by atoms with E-state index in [1.807, 2.05) is 0 Å². The molecule has 0 aliphatic heterocycles. The van der Waals surface area contributed by atoms with Gasteiger partial charge >= 0.3 is 0 Å². The van der Waals surface area contributed by atoms with Crippen molar-refractivity contribution >= 4 is 0 Å². The Morgan fingerprint density at radius 3 is 1.83 bits per heavy atom. The van der Waals surface area contributed by atoms with Crippen molar-refractivity contribution in [3.05, 3.63) is 83.9 Å². The normalized spacial score (nSPS) is 11.5. The molecule has 0 saturated heterocycles. The molecule has 0 atom stereocenters. The summed E-state index contributed by atoms with van der Waals surface area (Å²) >= 11 is 0. The van der Waals surface area contributed by atoms with Gasteiger partial charge in [-0.2, -0.15) is 0 Å². The topological polar surface area (TPSA) is 0 Å². The fourth-order valence-electron chi connectivity index (χ4n) is 2.96. The molecule has 116 valence electrons. The molecule has 0 aliphatic carbocycles. The van der Waals surface area contributed by atoms with Gasteiger partial charge in [0.05, 0.1) is 0 Å². The van der Waals surface area contributed by atoms with Crippen molar-refractivity contribution < 1.29 is 0 Å². The van der Waals surface area contributed by atoms with E-state index in [-0.39, 0.29) is 5.41 Å². The molecule has 0 amide bonds. The first-order valence-electron chi connectivity index (χ1n) is 8.22. The van der Waals surface area contributed by atoms with Crippen LogP contribution in [0.5, 0.6) is 0 Å². The van der Waals surface area contributed by atoms with Crippen molar-refractivity contribution in [1.82, 2.24) is 0 Å². The molecule has 0 N–H and O–H groups in total. The zero-order valence-corrected chi connectivity index (χ0v) is 14.4. The Bertz CT molecular complexity index is 788. The number of aryl methyl sites for hydroxylation is 1. The highest BCUT2D eigenvalue weighted by Crippen LogP contribution is 2.36. The highest BCUT2D eigenvalue weighted by atomic mass is 14.2. The van der Waals surface area contributed by atoms with Crippen LogP contribution in [-0.2, 0) is 5.41 Å². The standard InChI is InChI=1S/C23H24/c1-17-10-12-19(13-11-17)21-15-14-20(16-22(21)23(2,3)4)18-8-6-5-7-9-18/h5-16H,1-4H3. The first kappa shape index (κ1) is 15.6. The van der Waals surface area contributed by atoms with Gasteiger partial charge in [0.15, 0.2) is 0 Å². The fraction of sp³-hybridized carbons (Fsp3) is 0.217. The van der Waals surface area contributed by atoms with Crippen LogP contribution in [0.3, 0.4) is 0 Å². The Balaban J connectivity index is 2.16. The second-order valence-electron chi connectivity index (χ2n) is 7.24. The van der Waals surface area contributed by atoms with Gasteiger partial charge in [-0.3, -0.25) is 0 Å². The van der Waals surface area contributed by atoms with E-state index in [9.17, 15) is 0 Å². The third-order valence-corrected chi connectivity index (χ3v) is 4.30. The van der Waals surface area contributed by atoms with Crippen molar-refractivity contribution in [2.45, 2.75) is 33.1 Å². The van der Waals surface area contributed by atoms with Crippen LogP contribution in [-0.4, -0.2) is 0 Å². The summed E-state index contributed by atoms with van der Waals surface area (Å²) in [7, 11) is 0. The third kappa shape index (κ3) is 3.37. The van der Waals surface area contributed by atoms with Gasteiger partial charge in [-0.1, -0.05) is 99.1 Å². The summed E-state index contributed by atoms with van der Waals surface area (Å²) in [5, 5.41) is 0. The SMILES string of the molecule is Cc1ccc(-c2ccc(-c3ccccc3)cc2C(C)(C)C)cc1. The van der Waals surface area contributed by atoms with Crippen molar-refractivity contribution in [2.24, 2.45) is 0 Å². The van der Waals surface area contributed by atoms with Crippen LogP contribution >= 0.6 is 0 Å². The average molecular weight is 300 g/mol. The quantitative estimate of drug-likeness (QED) is 0.498. The van der Waals surface area contributed by atoms with Crippen molar-refractivity contribution in [2.75, 3.05) is 0 Å². The molecular weight excluding hydrogens is 276 g/mol. The summed E-state index contributed by atoms with van der Waals surface area (Å²) in [4.78, 5) is 0. The van der Waals surface area contributed by atoms with Gasteiger partial charge in [0.25, 0.3) is 0 Å². The lowest BCUT2D eigenvalue weighted by Gasteiger charge is -2.24. The fourth-order valence-corrected chi connectivity index (χ4v) is 2.96. The molecule has 3 aromatic rings. The Morgan fingerprint density at radius 2 is 1.22 bits per heavy atom. The molecule has 23 heavy (non-hydrogen) atoms. The Morgan fingerprint density at radius 1 is 0.609 bits per heavy atom. The Kier molecular flexibility index (Phi) is 4.09. The van der Waals surface area contributed by atoms with Gasteiger partial charge in [0.2, 0.25) is 0 Å². The molecule has 0 bridgehead atoms. The van der Waals surface area contributed by atoms with Gasteiger partial charge in [-0.25, -0.2) is 0 Å². The predicted molar refractivity (Wildman–Crippen MR) is 101 cm³/mol. The molecule has 0 unspecified atom stereocenters. The van der Waals surface area contributed by atoms with E-state index < -0.39 is 0 Å². The number of benzene rings is 3. The summed E-state index contributed by atoms with van der Waals surface area (Å²) in [6, 6.07) is 26.3. The van der Waals surface area contributed by atoms with Crippen LogP contribution in [0.25, 0.3) is 22.3 Å². The van der Waals surface area contributed by atoms with E-state index >= 15 is 0 Å². The minimum Gasteiger partial charge on any atom is -0.0622 e. The van der Waals surface area contributed by atoms with E-state index in [0.29, 0.717) is 0 Å². The molecular formula is C23H24. The zero-order valence-electron chi connectivity index (χ0n) is 14.4. The summed E-state index contributed by atoms with van der Waals surface area (Å²) in [6.07, 6.45) is 0. The van der Waals surface area contributed by atoms with E-state index in [1.165, 1.54) is 33.4 Å². The van der Waals surface area contributed by atoms with Gasteiger partial charge < -0.3 is 0 Å². The number of rotatable bonds is 2. The van der Waals surface area contributed by atoms with Crippen molar-refractivity contribution in [1.29, 1.82) is 0 Å². The van der Waals surface area contributed by atoms with Crippen LogP contribution in [0.15, 0.2) is 72.8 Å². The van der Waals surface area contributed by atoms with E-state index in [4.69, 9.17) is 0 Å². The monoisotopic (exact) mass is 300 g/mol. The average Bonchev–Trinajstić information content (AvgIpc) is 2.55. The van der Waals surface area contributed by atoms with Crippen molar-refractivity contribution in [3.8, 4) is 22.3 Å². The largest absolute Gasteiger partial charge is 0.0622 e. The molecule has 0 aromatic heterocycles. The first-order valence-corrected chi connectivity index (χ1v) is 8.22. The smallest absolute Gasteiger partial charge is 0.0125 e. The minimum atomic E-state index is 0.102. The molecule has 0 fully saturated rings. The molecule has 3 aromatic carbocycles. The maximum atomic E-state index is 2.35. The second-order valence-corrected chi connectivity index (χ2v) is 7.24. The molecule has 0 heteroatoms. The molecule has 0 spiro atoms. The lowest BCUT2D eigenvalue weighted by molar-refractivity contribution is 0.592. The third-order valence-electron chi connectivity index (χ3n) is 4.30. The van der Waals surface area contributed by atoms with Crippen molar-refractivity contribution in [3.63, 3.8) is 0 Å². The van der Waals surface area contributed by atoms with Crippen LogP contribution in [0, 0.1) is 6.92 Å². The number of hydrogen-bond donors (Lipinski definition) is 0. The molecule has 0 aliphatic rings. The predicted octanol–water partition coefficient (Wildman–Crippen LogP) is 6.63. The van der Waals surface area contributed by atoms with Gasteiger partial charge in [-0.05, 0) is 40.2 Å². The summed E-state index contributed by atoms with van der Waals surface area (Å²) in [6.45, 7) is 8.99.